The summed E-state index contributed by atoms with van der Waals surface area (Å²) >= 11 is 6.04. The molecule has 0 atom stereocenters. The maximum Gasteiger partial charge on any atom is 0.278 e. The van der Waals surface area contributed by atoms with Gasteiger partial charge < -0.3 is 14.6 Å². The van der Waals surface area contributed by atoms with E-state index in [9.17, 15) is 14.9 Å². The van der Waals surface area contributed by atoms with Gasteiger partial charge in [-0.2, -0.15) is 0 Å². The molecule has 150 valence electrons. The highest BCUT2D eigenvalue weighted by molar-refractivity contribution is 6.34. The zero-order valence-corrected chi connectivity index (χ0v) is 16.7. The van der Waals surface area contributed by atoms with E-state index >= 15 is 0 Å². The second-order valence-corrected chi connectivity index (χ2v) is 6.91. The van der Waals surface area contributed by atoms with E-state index in [1.54, 1.807) is 6.92 Å². The predicted molar refractivity (Wildman–Crippen MR) is 108 cm³/mol. The Morgan fingerprint density at radius 2 is 2.00 bits per heavy atom. The van der Waals surface area contributed by atoms with E-state index in [0.717, 1.165) is 11.1 Å². The van der Waals surface area contributed by atoms with Gasteiger partial charge in [0.1, 0.15) is 18.1 Å². The number of carbonyl (C=O) groups excluding carboxylic acids is 1. The Bertz CT molecular complexity index is 1090. The fourth-order valence-electron chi connectivity index (χ4n) is 2.75. The lowest BCUT2D eigenvalue weighted by molar-refractivity contribution is -0.384. The second kappa shape index (κ2) is 8.32. The molecule has 2 aromatic carbocycles. The summed E-state index contributed by atoms with van der Waals surface area (Å²) in [7, 11) is 0. The number of nitro groups is 1. The number of halogens is 1. The van der Waals surface area contributed by atoms with Gasteiger partial charge in [0.2, 0.25) is 0 Å². The molecule has 0 unspecified atom stereocenters. The van der Waals surface area contributed by atoms with Gasteiger partial charge in [-0.25, -0.2) is 0 Å². The molecule has 0 aliphatic rings. The van der Waals surface area contributed by atoms with Crippen LogP contribution in [0.1, 0.15) is 32.9 Å². The molecule has 0 aliphatic heterocycles. The SMILES string of the molecule is Cc1ccc(OCc2c(C(=O)Nc3cc([N+](=O)[O-])ccc3Cl)noc2C)c(C)c1. The largest absolute Gasteiger partial charge is 0.488 e. The fraction of sp³-hybridized carbons (Fsp3) is 0.200. The number of nitrogens with one attached hydrogen (secondary N) is 1. The first-order chi connectivity index (χ1) is 13.8. The quantitative estimate of drug-likeness (QED) is 0.448. The van der Waals surface area contributed by atoms with Crippen LogP contribution in [-0.4, -0.2) is 16.0 Å². The molecule has 0 bridgehead atoms. The molecule has 1 N–H and O–H groups in total. The molecule has 0 radical (unpaired) electrons. The van der Waals surface area contributed by atoms with Crippen LogP contribution in [-0.2, 0) is 6.61 Å². The van der Waals surface area contributed by atoms with Gasteiger partial charge in [0.05, 0.1) is 21.2 Å². The molecule has 0 fully saturated rings. The number of benzene rings is 2. The van der Waals surface area contributed by atoms with Crippen molar-refractivity contribution in [2.75, 3.05) is 5.32 Å². The third kappa shape index (κ3) is 4.55. The van der Waals surface area contributed by atoms with Crippen LogP contribution in [0.5, 0.6) is 5.75 Å². The molecule has 0 saturated carbocycles. The number of ether oxygens (including phenoxy) is 1. The number of nitro benzene ring substituents is 1. The van der Waals surface area contributed by atoms with E-state index < -0.39 is 10.8 Å². The Labute approximate surface area is 171 Å². The van der Waals surface area contributed by atoms with Gasteiger partial charge in [-0.05, 0) is 38.5 Å². The molecule has 3 rings (SSSR count). The molecule has 1 aromatic heterocycles. The molecule has 0 saturated heterocycles. The van der Waals surface area contributed by atoms with E-state index in [1.165, 1.54) is 18.2 Å². The number of anilines is 1. The van der Waals surface area contributed by atoms with E-state index in [2.05, 4.69) is 10.5 Å². The van der Waals surface area contributed by atoms with Gasteiger partial charge in [-0.3, -0.25) is 14.9 Å². The average molecular weight is 416 g/mol. The van der Waals surface area contributed by atoms with Crippen molar-refractivity contribution in [1.82, 2.24) is 5.16 Å². The van der Waals surface area contributed by atoms with Crippen LogP contribution in [0.25, 0.3) is 0 Å². The fourth-order valence-corrected chi connectivity index (χ4v) is 2.92. The van der Waals surface area contributed by atoms with Gasteiger partial charge >= 0.3 is 0 Å². The highest BCUT2D eigenvalue weighted by Crippen LogP contribution is 2.28. The lowest BCUT2D eigenvalue weighted by Gasteiger charge is -2.10. The van der Waals surface area contributed by atoms with E-state index in [1.807, 2.05) is 32.0 Å². The maximum absolute atomic E-state index is 12.7. The molecule has 29 heavy (non-hydrogen) atoms. The van der Waals surface area contributed by atoms with Crippen molar-refractivity contribution in [2.45, 2.75) is 27.4 Å². The van der Waals surface area contributed by atoms with Crippen LogP contribution in [0.4, 0.5) is 11.4 Å². The van der Waals surface area contributed by atoms with Crippen molar-refractivity contribution in [1.29, 1.82) is 0 Å². The maximum atomic E-state index is 12.7. The summed E-state index contributed by atoms with van der Waals surface area (Å²) in [4.78, 5) is 23.1. The van der Waals surface area contributed by atoms with E-state index in [-0.39, 0.29) is 28.7 Å². The summed E-state index contributed by atoms with van der Waals surface area (Å²) in [6, 6.07) is 9.55. The lowest BCUT2D eigenvalue weighted by Crippen LogP contribution is -2.16. The Morgan fingerprint density at radius 1 is 1.24 bits per heavy atom. The lowest BCUT2D eigenvalue weighted by atomic mass is 10.1. The molecular formula is C20H18ClN3O5. The summed E-state index contributed by atoms with van der Waals surface area (Å²) in [5.74, 6) is 0.512. The minimum Gasteiger partial charge on any atom is -0.488 e. The standard InChI is InChI=1S/C20H18ClN3O5/c1-11-4-7-18(12(2)8-11)28-10-15-13(3)29-23-19(15)20(25)22-17-9-14(24(26)27)5-6-16(17)21/h4-9H,10H2,1-3H3,(H,22,25). The first-order valence-corrected chi connectivity index (χ1v) is 9.04. The highest BCUT2D eigenvalue weighted by atomic mass is 35.5. The summed E-state index contributed by atoms with van der Waals surface area (Å²) in [5.41, 5.74) is 2.49. The molecule has 3 aromatic rings. The Balaban J connectivity index is 1.81. The molecule has 9 heteroatoms. The Hall–Kier alpha value is -3.39. The van der Waals surface area contributed by atoms with Crippen molar-refractivity contribution < 1.29 is 19.0 Å². The van der Waals surface area contributed by atoms with Crippen molar-refractivity contribution in [3.05, 3.63) is 79.7 Å². The topological polar surface area (TPSA) is 108 Å². The summed E-state index contributed by atoms with van der Waals surface area (Å²) in [6.07, 6.45) is 0. The van der Waals surface area contributed by atoms with Gasteiger partial charge in [0.15, 0.2) is 5.69 Å². The number of nitrogens with zero attached hydrogens (tertiary/aromatic N) is 2. The Kier molecular flexibility index (Phi) is 5.84. The minimum absolute atomic E-state index is 0.0230. The van der Waals surface area contributed by atoms with Crippen molar-refractivity contribution in [3.8, 4) is 5.75 Å². The van der Waals surface area contributed by atoms with Gasteiger partial charge in [0, 0.05) is 12.1 Å². The monoisotopic (exact) mass is 415 g/mol. The number of hydrogen-bond acceptors (Lipinski definition) is 6. The van der Waals surface area contributed by atoms with Crippen molar-refractivity contribution in [3.63, 3.8) is 0 Å². The summed E-state index contributed by atoms with van der Waals surface area (Å²) in [6.45, 7) is 5.67. The first kappa shape index (κ1) is 20.3. The van der Waals surface area contributed by atoms with E-state index in [4.69, 9.17) is 20.9 Å². The van der Waals surface area contributed by atoms with Crippen LogP contribution in [0, 0.1) is 30.9 Å². The number of carbonyl (C=O) groups is 1. The van der Waals surface area contributed by atoms with Gasteiger partial charge in [0.25, 0.3) is 11.6 Å². The highest BCUT2D eigenvalue weighted by Gasteiger charge is 2.22. The smallest absolute Gasteiger partial charge is 0.278 e. The normalized spacial score (nSPS) is 10.6. The van der Waals surface area contributed by atoms with Crippen LogP contribution in [0.3, 0.4) is 0 Å². The molecule has 0 spiro atoms. The first-order valence-electron chi connectivity index (χ1n) is 8.66. The summed E-state index contributed by atoms with van der Waals surface area (Å²) < 4.78 is 11.0. The third-order valence-corrected chi connectivity index (χ3v) is 4.64. The predicted octanol–water partition coefficient (Wildman–Crippen LogP) is 4.99. The van der Waals surface area contributed by atoms with Gasteiger partial charge in [-0.15, -0.1) is 0 Å². The zero-order chi connectivity index (χ0) is 21.1. The number of amides is 1. The average Bonchev–Trinajstić information content (AvgIpc) is 3.03. The van der Waals surface area contributed by atoms with Gasteiger partial charge in [-0.1, -0.05) is 34.5 Å². The van der Waals surface area contributed by atoms with Crippen LogP contribution < -0.4 is 10.1 Å². The van der Waals surface area contributed by atoms with Crippen LogP contribution in [0.2, 0.25) is 5.02 Å². The summed E-state index contributed by atoms with van der Waals surface area (Å²) in [5, 5.41) is 17.5. The number of rotatable bonds is 6. The second-order valence-electron chi connectivity index (χ2n) is 6.50. The van der Waals surface area contributed by atoms with Crippen molar-refractivity contribution >= 4 is 28.9 Å². The molecular weight excluding hydrogens is 398 g/mol. The Morgan fingerprint density at radius 3 is 2.69 bits per heavy atom. The minimum atomic E-state index is -0.608. The number of non-ortho nitro benzene ring substituents is 1. The number of hydrogen-bond donors (Lipinski definition) is 1. The molecule has 1 heterocycles. The number of aryl methyl sites for hydroxylation is 3. The number of aromatic nitrogens is 1. The molecule has 0 aliphatic carbocycles. The van der Waals surface area contributed by atoms with E-state index in [0.29, 0.717) is 17.1 Å². The third-order valence-electron chi connectivity index (χ3n) is 4.31. The zero-order valence-electron chi connectivity index (χ0n) is 16.0. The molecule has 8 nitrogen and oxygen atoms in total. The van der Waals surface area contributed by atoms with Crippen molar-refractivity contribution in [2.24, 2.45) is 0 Å². The molecule has 1 amide bonds. The van der Waals surface area contributed by atoms with Crippen LogP contribution >= 0.6 is 11.6 Å². The van der Waals surface area contributed by atoms with Crippen LogP contribution in [0.15, 0.2) is 40.9 Å².